The van der Waals surface area contributed by atoms with Crippen LogP contribution in [-0.4, -0.2) is 29.1 Å². The Morgan fingerprint density at radius 3 is 2.77 bits per heavy atom. The molecule has 0 unspecified atom stereocenters. The van der Waals surface area contributed by atoms with Gasteiger partial charge in [0.15, 0.2) is 0 Å². The van der Waals surface area contributed by atoms with Crippen molar-refractivity contribution < 1.29 is 24.2 Å². The van der Waals surface area contributed by atoms with Gasteiger partial charge in [0.05, 0.1) is 22.7 Å². The third kappa shape index (κ3) is 4.06. The largest absolute Gasteiger partial charge is 0.489 e. The Balaban J connectivity index is 1.65. The van der Waals surface area contributed by atoms with Crippen molar-refractivity contribution in [3.8, 4) is 5.75 Å². The molecule has 2 heterocycles. The van der Waals surface area contributed by atoms with Crippen LogP contribution in [0, 0.1) is 0 Å². The number of halogens is 1. The SMILES string of the molecule is CSc1ccccc1COc1ccc(Cl)c(N2C(=O)Cc3csc(C(=O)O)c3C2=O)c1. The van der Waals surface area contributed by atoms with Crippen LogP contribution in [0.5, 0.6) is 5.75 Å². The van der Waals surface area contributed by atoms with Gasteiger partial charge in [0.2, 0.25) is 5.91 Å². The zero-order chi connectivity index (χ0) is 22.1. The molecular weight excluding hydrogens is 458 g/mol. The number of carbonyl (C=O) groups excluding carboxylic acids is 2. The van der Waals surface area contributed by atoms with Crippen molar-refractivity contribution in [2.45, 2.75) is 17.9 Å². The number of carbonyl (C=O) groups is 3. The van der Waals surface area contributed by atoms with Crippen LogP contribution in [0.3, 0.4) is 0 Å². The number of ether oxygens (including phenoxy) is 1. The fourth-order valence-electron chi connectivity index (χ4n) is 3.36. The molecule has 2 amide bonds. The summed E-state index contributed by atoms with van der Waals surface area (Å²) in [6.45, 7) is 0.303. The van der Waals surface area contributed by atoms with Crippen molar-refractivity contribution in [2.75, 3.05) is 11.2 Å². The summed E-state index contributed by atoms with van der Waals surface area (Å²) in [5.41, 5.74) is 1.63. The van der Waals surface area contributed by atoms with Crippen LogP contribution < -0.4 is 9.64 Å². The molecule has 0 saturated heterocycles. The lowest BCUT2D eigenvalue weighted by Crippen LogP contribution is -2.42. The minimum atomic E-state index is -1.20. The molecule has 0 bridgehead atoms. The summed E-state index contributed by atoms with van der Waals surface area (Å²) in [5, 5.41) is 11.1. The number of fused-ring (bicyclic) bond motifs is 1. The molecule has 9 heteroatoms. The highest BCUT2D eigenvalue weighted by atomic mass is 35.5. The van der Waals surface area contributed by atoms with Gasteiger partial charge in [0.1, 0.15) is 17.2 Å². The van der Waals surface area contributed by atoms with Gasteiger partial charge in [0, 0.05) is 16.5 Å². The Labute approximate surface area is 191 Å². The summed E-state index contributed by atoms with van der Waals surface area (Å²) < 4.78 is 5.89. The smallest absolute Gasteiger partial charge is 0.346 e. The van der Waals surface area contributed by atoms with Gasteiger partial charge in [-0.2, -0.15) is 0 Å². The molecular formula is C22H16ClNO5S2. The van der Waals surface area contributed by atoms with Gasteiger partial charge in [-0.15, -0.1) is 23.1 Å². The van der Waals surface area contributed by atoms with E-state index >= 15 is 0 Å². The van der Waals surface area contributed by atoms with Crippen molar-refractivity contribution in [1.82, 2.24) is 0 Å². The Kier molecular flexibility index (Phi) is 6.04. The summed E-state index contributed by atoms with van der Waals surface area (Å²) >= 11 is 8.86. The second-order valence-electron chi connectivity index (χ2n) is 6.70. The monoisotopic (exact) mass is 473 g/mol. The molecule has 0 radical (unpaired) electrons. The summed E-state index contributed by atoms with van der Waals surface area (Å²) in [7, 11) is 0. The molecule has 0 atom stereocenters. The van der Waals surface area contributed by atoms with Crippen LogP contribution in [0.1, 0.15) is 31.2 Å². The van der Waals surface area contributed by atoms with Crippen LogP contribution in [0.4, 0.5) is 5.69 Å². The number of thiophene rings is 1. The normalized spacial score (nSPS) is 13.3. The average molecular weight is 474 g/mol. The van der Waals surface area contributed by atoms with Gasteiger partial charge >= 0.3 is 5.97 Å². The van der Waals surface area contributed by atoms with E-state index in [9.17, 15) is 19.5 Å². The lowest BCUT2D eigenvalue weighted by Gasteiger charge is -2.26. The van der Waals surface area contributed by atoms with Crippen molar-refractivity contribution in [1.29, 1.82) is 0 Å². The number of aromatic carboxylic acids is 1. The first-order valence-electron chi connectivity index (χ1n) is 9.16. The van der Waals surface area contributed by atoms with Crippen molar-refractivity contribution in [3.05, 3.63) is 74.4 Å². The number of thioether (sulfide) groups is 1. The van der Waals surface area contributed by atoms with E-state index in [-0.39, 0.29) is 27.6 Å². The molecule has 2 aromatic carbocycles. The topological polar surface area (TPSA) is 83.9 Å². The zero-order valence-corrected chi connectivity index (χ0v) is 18.6. The van der Waals surface area contributed by atoms with E-state index in [4.69, 9.17) is 16.3 Å². The van der Waals surface area contributed by atoms with Gasteiger partial charge in [0.25, 0.3) is 5.91 Å². The average Bonchev–Trinajstić information content (AvgIpc) is 3.18. The van der Waals surface area contributed by atoms with Crippen LogP contribution in [0.15, 0.2) is 52.7 Å². The molecule has 0 saturated carbocycles. The molecule has 0 aliphatic carbocycles. The van der Waals surface area contributed by atoms with Gasteiger partial charge in [-0.3, -0.25) is 9.59 Å². The van der Waals surface area contributed by atoms with E-state index in [0.29, 0.717) is 17.9 Å². The molecule has 158 valence electrons. The first kappa shape index (κ1) is 21.4. The summed E-state index contributed by atoms with van der Waals surface area (Å²) in [6.07, 6.45) is 1.91. The molecule has 1 N–H and O–H groups in total. The number of hydrogen-bond acceptors (Lipinski definition) is 6. The van der Waals surface area contributed by atoms with E-state index in [1.807, 2.05) is 30.5 Å². The van der Waals surface area contributed by atoms with E-state index < -0.39 is 17.8 Å². The quantitative estimate of drug-likeness (QED) is 0.394. The lowest BCUT2D eigenvalue weighted by molar-refractivity contribution is -0.117. The molecule has 6 nitrogen and oxygen atoms in total. The van der Waals surface area contributed by atoms with E-state index in [1.165, 1.54) is 11.4 Å². The molecule has 31 heavy (non-hydrogen) atoms. The van der Waals surface area contributed by atoms with Gasteiger partial charge < -0.3 is 9.84 Å². The zero-order valence-electron chi connectivity index (χ0n) is 16.3. The highest BCUT2D eigenvalue weighted by Crippen LogP contribution is 2.37. The molecule has 1 aromatic heterocycles. The number of benzene rings is 2. The van der Waals surface area contributed by atoms with Crippen LogP contribution in [0.25, 0.3) is 0 Å². The number of anilines is 1. The van der Waals surface area contributed by atoms with Gasteiger partial charge in [-0.25, -0.2) is 9.69 Å². The van der Waals surface area contributed by atoms with E-state index in [2.05, 4.69) is 0 Å². The number of amides is 2. The number of carboxylic acid groups (broad SMARTS) is 1. The van der Waals surface area contributed by atoms with Crippen LogP contribution in [0.2, 0.25) is 5.02 Å². The molecule has 1 aliphatic heterocycles. The third-order valence-electron chi connectivity index (χ3n) is 4.81. The molecule has 4 rings (SSSR count). The second-order valence-corrected chi connectivity index (χ2v) is 8.83. The van der Waals surface area contributed by atoms with Crippen molar-refractivity contribution in [2.24, 2.45) is 0 Å². The second kappa shape index (κ2) is 8.74. The minimum Gasteiger partial charge on any atom is -0.489 e. The number of nitrogens with zero attached hydrogens (tertiary/aromatic N) is 1. The first-order valence-corrected chi connectivity index (χ1v) is 11.6. The molecule has 3 aromatic rings. The maximum atomic E-state index is 13.1. The fourth-order valence-corrected chi connectivity index (χ4v) is 5.07. The number of rotatable bonds is 6. The summed E-state index contributed by atoms with van der Waals surface area (Å²) in [5.74, 6) is -1.94. The van der Waals surface area contributed by atoms with Crippen molar-refractivity contribution in [3.63, 3.8) is 0 Å². The number of carboxylic acids is 1. The van der Waals surface area contributed by atoms with Crippen molar-refractivity contribution >= 4 is 58.2 Å². The lowest BCUT2D eigenvalue weighted by atomic mass is 10.0. The first-order chi connectivity index (χ1) is 14.9. The fraction of sp³-hybridized carbons (Fsp3) is 0.136. The predicted octanol–water partition coefficient (Wildman–Crippen LogP) is 5.13. The minimum absolute atomic E-state index is 0.0355. The Morgan fingerprint density at radius 2 is 2.03 bits per heavy atom. The Morgan fingerprint density at radius 1 is 1.26 bits per heavy atom. The van der Waals surface area contributed by atoms with Gasteiger partial charge in [-0.05, 0) is 35.4 Å². The van der Waals surface area contributed by atoms with E-state index in [1.54, 1.807) is 23.9 Å². The maximum Gasteiger partial charge on any atom is 0.346 e. The van der Waals surface area contributed by atoms with Crippen LogP contribution >= 0.6 is 34.7 Å². The molecule has 0 fully saturated rings. The molecule has 0 spiro atoms. The highest BCUT2D eigenvalue weighted by molar-refractivity contribution is 7.98. The summed E-state index contributed by atoms with van der Waals surface area (Å²) in [6, 6.07) is 12.6. The summed E-state index contributed by atoms with van der Waals surface area (Å²) in [4.78, 5) is 39.3. The van der Waals surface area contributed by atoms with Gasteiger partial charge in [-0.1, -0.05) is 29.8 Å². The number of hydrogen-bond donors (Lipinski definition) is 1. The maximum absolute atomic E-state index is 13.1. The highest BCUT2D eigenvalue weighted by Gasteiger charge is 2.37. The Bertz CT molecular complexity index is 1210. The number of imide groups is 1. The third-order valence-corrected chi connectivity index (χ3v) is 6.99. The van der Waals surface area contributed by atoms with Crippen LogP contribution in [-0.2, 0) is 17.8 Å². The molecule has 1 aliphatic rings. The Hall–Kier alpha value is -2.81. The predicted molar refractivity (Wildman–Crippen MR) is 121 cm³/mol. The van der Waals surface area contributed by atoms with E-state index in [0.717, 1.165) is 26.7 Å². The standard InChI is InChI=1S/C22H16ClNO5S2/c1-30-17-5-3-2-4-12(17)10-29-14-6-7-15(23)16(9-14)24-18(25)8-13-11-31-20(22(27)28)19(13)21(24)26/h2-7,9,11H,8,10H2,1H3,(H,27,28).